The van der Waals surface area contributed by atoms with Crippen LogP contribution in [0.5, 0.6) is 5.75 Å². The zero-order chi connectivity index (χ0) is 25.0. The van der Waals surface area contributed by atoms with Gasteiger partial charge in [0.1, 0.15) is 16.9 Å². The minimum absolute atomic E-state index is 0.0213. The predicted octanol–water partition coefficient (Wildman–Crippen LogP) is 4.42. The Morgan fingerprint density at radius 3 is 2.37 bits per heavy atom. The molecule has 1 saturated carbocycles. The monoisotopic (exact) mass is 491 g/mol. The first-order chi connectivity index (χ1) is 16.7. The summed E-state index contributed by atoms with van der Waals surface area (Å²) in [5, 5.41) is 2.60. The van der Waals surface area contributed by atoms with E-state index >= 15 is 0 Å². The highest BCUT2D eigenvalue weighted by Gasteiger charge is 2.31. The van der Waals surface area contributed by atoms with Gasteiger partial charge in [0, 0.05) is 38.1 Å². The second kappa shape index (κ2) is 10.5. The Morgan fingerprint density at radius 1 is 1.00 bits per heavy atom. The van der Waals surface area contributed by atoms with Crippen molar-refractivity contribution < 1.29 is 27.5 Å². The first-order valence-corrected chi connectivity index (χ1v) is 11.9. The lowest BCUT2D eigenvalue weighted by Gasteiger charge is -2.27. The third-order valence-corrected chi connectivity index (χ3v) is 6.50. The van der Waals surface area contributed by atoms with E-state index in [4.69, 9.17) is 0 Å². The molecule has 188 valence electrons. The Labute approximate surface area is 200 Å². The van der Waals surface area contributed by atoms with E-state index in [1.54, 1.807) is 15.7 Å². The molecule has 0 bridgehead atoms. The number of benzene rings is 1. The summed E-state index contributed by atoms with van der Waals surface area (Å²) < 4.78 is 43.2. The van der Waals surface area contributed by atoms with Gasteiger partial charge in [0.2, 0.25) is 5.43 Å². The third-order valence-electron chi connectivity index (χ3n) is 6.50. The zero-order valence-corrected chi connectivity index (χ0v) is 19.3. The smallest absolute Gasteiger partial charge is 0.406 e. The van der Waals surface area contributed by atoms with Gasteiger partial charge in [0.05, 0.1) is 0 Å². The molecule has 35 heavy (non-hydrogen) atoms. The van der Waals surface area contributed by atoms with Gasteiger partial charge in [-0.15, -0.1) is 13.2 Å². The summed E-state index contributed by atoms with van der Waals surface area (Å²) in [5.41, 5.74) is -0.437. The second-order valence-electron chi connectivity index (χ2n) is 9.03. The molecule has 1 aliphatic carbocycles. The minimum atomic E-state index is -4.82. The predicted molar refractivity (Wildman–Crippen MR) is 122 cm³/mol. The molecule has 10 heteroatoms. The van der Waals surface area contributed by atoms with Crippen molar-refractivity contribution in [3.63, 3.8) is 0 Å². The van der Waals surface area contributed by atoms with Gasteiger partial charge in [-0.05, 0) is 49.8 Å². The van der Waals surface area contributed by atoms with Gasteiger partial charge < -0.3 is 19.5 Å². The van der Waals surface area contributed by atoms with Gasteiger partial charge in [0.25, 0.3) is 11.8 Å². The number of likely N-dealkylation sites (tertiary alicyclic amines) is 1. The van der Waals surface area contributed by atoms with Crippen LogP contribution in [0.15, 0.2) is 41.5 Å². The maximum atomic E-state index is 13.2. The molecule has 2 heterocycles. The summed E-state index contributed by atoms with van der Waals surface area (Å²) in [5.74, 6) is -1.45. The van der Waals surface area contributed by atoms with E-state index in [0.29, 0.717) is 18.7 Å². The van der Waals surface area contributed by atoms with Crippen molar-refractivity contribution in [3.05, 3.63) is 63.6 Å². The zero-order valence-electron chi connectivity index (χ0n) is 19.3. The highest BCUT2D eigenvalue weighted by molar-refractivity contribution is 5.99. The Morgan fingerprint density at radius 2 is 1.69 bits per heavy atom. The van der Waals surface area contributed by atoms with Crippen molar-refractivity contribution in [2.45, 2.75) is 63.9 Å². The van der Waals surface area contributed by atoms with Crippen LogP contribution in [0.1, 0.15) is 77.3 Å². The number of carbonyl (C=O) groups is 2. The summed E-state index contributed by atoms with van der Waals surface area (Å²) in [7, 11) is 0. The molecule has 2 aliphatic rings. The molecule has 0 spiro atoms. The largest absolute Gasteiger partial charge is 0.573 e. The van der Waals surface area contributed by atoms with Gasteiger partial charge in [-0.25, -0.2) is 0 Å². The number of nitrogens with one attached hydrogen (secondary N) is 1. The van der Waals surface area contributed by atoms with E-state index in [1.807, 2.05) is 0 Å². The van der Waals surface area contributed by atoms with E-state index in [9.17, 15) is 27.6 Å². The van der Waals surface area contributed by atoms with Crippen LogP contribution in [0.2, 0.25) is 0 Å². The molecule has 1 saturated heterocycles. The lowest BCUT2D eigenvalue weighted by atomic mass is 10.1. The molecule has 1 aliphatic heterocycles. The summed E-state index contributed by atoms with van der Waals surface area (Å²) >= 11 is 0. The molecule has 1 N–H and O–H groups in total. The second-order valence-corrected chi connectivity index (χ2v) is 9.03. The van der Waals surface area contributed by atoms with Crippen LogP contribution in [-0.4, -0.2) is 40.7 Å². The number of carbonyl (C=O) groups excluding carboxylic acids is 2. The van der Waals surface area contributed by atoms with Crippen LogP contribution in [0.25, 0.3) is 0 Å². The van der Waals surface area contributed by atoms with Gasteiger partial charge in [-0.3, -0.25) is 14.4 Å². The average molecular weight is 492 g/mol. The van der Waals surface area contributed by atoms with Crippen LogP contribution in [0.4, 0.5) is 13.2 Å². The number of aromatic nitrogens is 1. The van der Waals surface area contributed by atoms with Crippen LogP contribution in [0, 0.1) is 0 Å². The molecule has 7 nitrogen and oxygen atoms in total. The Hall–Kier alpha value is -3.30. The summed E-state index contributed by atoms with van der Waals surface area (Å²) in [6.45, 7) is 1.05. The van der Waals surface area contributed by atoms with Crippen molar-refractivity contribution in [1.29, 1.82) is 0 Å². The molecule has 2 amide bonds. The number of alkyl halides is 3. The number of hydrogen-bond donors (Lipinski definition) is 1. The molecular formula is C25H28F3N3O4. The number of ether oxygens (including phenoxy) is 1. The molecule has 1 aromatic heterocycles. The van der Waals surface area contributed by atoms with E-state index < -0.39 is 23.4 Å². The Bertz CT molecular complexity index is 1130. The van der Waals surface area contributed by atoms with Gasteiger partial charge in [-0.1, -0.05) is 25.0 Å². The van der Waals surface area contributed by atoms with Gasteiger partial charge >= 0.3 is 6.36 Å². The fourth-order valence-corrected chi connectivity index (χ4v) is 4.72. The van der Waals surface area contributed by atoms with E-state index in [2.05, 4.69) is 10.1 Å². The molecule has 2 fully saturated rings. The maximum Gasteiger partial charge on any atom is 0.573 e. The number of piperidine rings is 1. The van der Waals surface area contributed by atoms with Crippen molar-refractivity contribution in [1.82, 2.24) is 14.8 Å². The fourth-order valence-electron chi connectivity index (χ4n) is 4.72. The topological polar surface area (TPSA) is 80.6 Å². The number of rotatable bonds is 6. The highest BCUT2D eigenvalue weighted by atomic mass is 19.4. The van der Waals surface area contributed by atoms with Crippen molar-refractivity contribution in [2.75, 3.05) is 13.1 Å². The van der Waals surface area contributed by atoms with Gasteiger partial charge in [0.15, 0.2) is 0 Å². The number of hydrogen-bond acceptors (Lipinski definition) is 4. The normalized spacial score (nSPS) is 16.8. The number of amides is 2. The highest BCUT2D eigenvalue weighted by Crippen LogP contribution is 2.29. The van der Waals surface area contributed by atoms with Crippen molar-refractivity contribution in [3.8, 4) is 5.75 Å². The lowest BCUT2D eigenvalue weighted by Crippen LogP contribution is -2.40. The lowest BCUT2D eigenvalue weighted by molar-refractivity contribution is -0.274. The number of pyridine rings is 1. The van der Waals surface area contributed by atoms with E-state index in [1.165, 1.54) is 24.4 Å². The third kappa shape index (κ3) is 6.23. The maximum absolute atomic E-state index is 13.2. The molecule has 0 atom stereocenters. The van der Waals surface area contributed by atoms with Gasteiger partial charge in [-0.2, -0.15) is 0 Å². The standard InChI is InChI=1S/C25H28F3N3O4/c26-25(27,28)35-19-10-6-7-17(13-19)14-29-23(33)20-15-31(18-8-2-3-9-18)16-21(22(20)32)24(34)30-11-4-1-5-12-30/h6-7,10,13,15-16,18H,1-5,8-9,11-12,14H2,(H,29,33). The minimum Gasteiger partial charge on any atom is -0.406 e. The summed E-state index contributed by atoms with van der Waals surface area (Å²) in [6.07, 6.45) is 4.88. The quantitative estimate of drug-likeness (QED) is 0.649. The average Bonchev–Trinajstić information content (AvgIpc) is 3.37. The fraction of sp³-hybridized carbons (Fsp3) is 0.480. The first kappa shape index (κ1) is 24.8. The molecule has 2 aromatic rings. The van der Waals surface area contributed by atoms with E-state index in [-0.39, 0.29) is 29.6 Å². The molecule has 0 radical (unpaired) electrons. The number of halogens is 3. The number of nitrogens with zero attached hydrogens (tertiary/aromatic N) is 2. The van der Waals surface area contributed by atoms with Crippen molar-refractivity contribution >= 4 is 11.8 Å². The first-order valence-electron chi connectivity index (χ1n) is 11.9. The molecule has 0 unspecified atom stereocenters. The molecule has 1 aromatic carbocycles. The Kier molecular flexibility index (Phi) is 7.47. The van der Waals surface area contributed by atoms with E-state index in [0.717, 1.165) is 51.0 Å². The summed E-state index contributed by atoms with van der Waals surface area (Å²) in [6, 6.07) is 5.35. The van der Waals surface area contributed by atoms with Crippen LogP contribution < -0.4 is 15.5 Å². The molecular weight excluding hydrogens is 463 g/mol. The van der Waals surface area contributed by atoms with Crippen LogP contribution in [-0.2, 0) is 6.54 Å². The van der Waals surface area contributed by atoms with Crippen molar-refractivity contribution in [2.24, 2.45) is 0 Å². The summed E-state index contributed by atoms with van der Waals surface area (Å²) in [4.78, 5) is 41.1. The SMILES string of the molecule is O=C(NCc1cccc(OC(F)(F)F)c1)c1cn(C2CCCC2)cc(C(=O)N2CCCCC2)c1=O. The van der Waals surface area contributed by atoms with Crippen LogP contribution in [0.3, 0.4) is 0 Å². The Balaban J connectivity index is 1.57. The molecule has 4 rings (SSSR count). The van der Waals surface area contributed by atoms with Crippen LogP contribution >= 0.6 is 0 Å².